The number of rotatable bonds is 7. The molecule has 32 heavy (non-hydrogen) atoms. The second-order valence-electron chi connectivity index (χ2n) is 8.16. The standard InChI is InChI=1S/C23H27FN6O2/c1-2-5-20(29-12-10-28(11-13-29)19-7-4-3-6-18(19)24)23-25-26-27-30(23)15-17-8-9-21-22(14-17)32-16-31-21/h3-4,6-9,14,20H,2,5,10-13,15-16H2,1H3/t20-/m0/s1. The summed E-state index contributed by atoms with van der Waals surface area (Å²) in [7, 11) is 0. The highest BCUT2D eigenvalue weighted by Gasteiger charge is 2.29. The average Bonchev–Trinajstić information content (AvgIpc) is 3.47. The third-order valence-corrected chi connectivity index (χ3v) is 6.14. The molecule has 9 heteroatoms. The van der Waals surface area contributed by atoms with Gasteiger partial charge in [0.15, 0.2) is 17.3 Å². The highest BCUT2D eigenvalue weighted by Crippen LogP contribution is 2.33. The van der Waals surface area contributed by atoms with E-state index in [2.05, 4.69) is 32.2 Å². The fourth-order valence-electron chi connectivity index (χ4n) is 4.51. The minimum Gasteiger partial charge on any atom is -0.454 e. The van der Waals surface area contributed by atoms with Crippen molar-refractivity contribution in [2.24, 2.45) is 0 Å². The van der Waals surface area contributed by atoms with Gasteiger partial charge in [0.05, 0.1) is 18.3 Å². The zero-order chi connectivity index (χ0) is 21.9. The predicted octanol–water partition coefficient (Wildman–Crippen LogP) is 3.25. The molecule has 0 saturated carbocycles. The van der Waals surface area contributed by atoms with Crippen molar-refractivity contribution in [1.82, 2.24) is 25.1 Å². The number of fused-ring (bicyclic) bond motifs is 1. The molecule has 2 aromatic carbocycles. The van der Waals surface area contributed by atoms with E-state index in [1.165, 1.54) is 6.07 Å². The number of tetrazole rings is 1. The van der Waals surface area contributed by atoms with Crippen molar-refractivity contribution >= 4 is 5.69 Å². The molecule has 0 spiro atoms. The first-order valence-electron chi connectivity index (χ1n) is 11.1. The number of hydrogen-bond donors (Lipinski definition) is 0. The number of ether oxygens (including phenoxy) is 2. The van der Waals surface area contributed by atoms with Gasteiger partial charge in [-0.15, -0.1) is 5.10 Å². The van der Waals surface area contributed by atoms with E-state index in [1.807, 2.05) is 35.0 Å². The number of piperazine rings is 1. The predicted molar refractivity (Wildman–Crippen MR) is 117 cm³/mol. The van der Waals surface area contributed by atoms with Crippen LogP contribution in [0.4, 0.5) is 10.1 Å². The molecular weight excluding hydrogens is 411 g/mol. The molecule has 1 fully saturated rings. The zero-order valence-electron chi connectivity index (χ0n) is 18.2. The number of anilines is 1. The first kappa shape index (κ1) is 20.7. The molecule has 8 nitrogen and oxygen atoms in total. The normalized spacial score (nSPS) is 17.0. The van der Waals surface area contributed by atoms with Crippen LogP contribution in [0, 0.1) is 5.82 Å². The first-order chi connectivity index (χ1) is 15.7. The van der Waals surface area contributed by atoms with E-state index in [1.54, 1.807) is 6.07 Å². The molecule has 0 aliphatic carbocycles. The van der Waals surface area contributed by atoms with Crippen molar-refractivity contribution in [3.8, 4) is 11.5 Å². The Morgan fingerprint density at radius 3 is 2.66 bits per heavy atom. The van der Waals surface area contributed by atoms with Crippen molar-refractivity contribution in [2.45, 2.75) is 32.4 Å². The number of halogens is 1. The average molecular weight is 439 g/mol. The lowest BCUT2D eigenvalue weighted by Crippen LogP contribution is -2.48. The quantitative estimate of drug-likeness (QED) is 0.561. The largest absolute Gasteiger partial charge is 0.454 e. The van der Waals surface area contributed by atoms with Crippen molar-refractivity contribution in [3.05, 3.63) is 59.7 Å². The van der Waals surface area contributed by atoms with E-state index in [0.717, 1.165) is 61.9 Å². The van der Waals surface area contributed by atoms with Gasteiger partial charge in [-0.1, -0.05) is 31.5 Å². The van der Waals surface area contributed by atoms with Crippen LogP contribution in [-0.2, 0) is 6.54 Å². The lowest BCUT2D eigenvalue weighted by Gasteiger charge is -2.39. The summed E-state index contributed by atoms with van der Waals surface area (Å²) in [6.45, 7) is 6.19. The number of para-hydroxylation sites is 1. The van der Waals surface area contributed by atoms with Crippen LogP contribution in [0.25, 0.3) is 0 Å². The van der Waals surface area contributed by atoms with Gasteiger partial charge in [0, 0.05) is 26.2 Å². The van der Waals surface area contributed by atoms with E-state index >= 15 is 0 Å². The summed E-state index contributed by atoms with van der Waals surface area (Å²) >= 11 is 0. The molecule has 1 atom stereocenters. The van der Waals surface area contributed by atoms with Gasteiger partial charge in [-0.25, -0.2) is 9.07 Å². The van der Waals surface area contributed by atoms with Gasteiger partial charge in [-0.2, -0.15) is 0 Å². The lowest BCUT2D eigenvalue weighted by atomic mass is 10.1. The topological polar surface area (TPSA) is 68.5 Å². The molecule has 0 radical (unpaired) electrons. The molecule has 2 aliphatic heterocycles. The van der Waals surface area contributed by atoms with Crippen molar-refractivity contribution in [3.63, 3.8) is 0 Å². The highest BCUT2D eigenvalue weighted by molar-refractivity contribution is 5.48. The van der Waals surface area contributed by atoms with Gasteiger partial charge in [0.1, 0.15) is 5.82 Å². The molecule has 0 amide bonds. The Bertz CT molecular complexity index is 1070. The van der Waals surface area contributed by atoms with Crippen LogP contribution in [0.3, 0.4) is 0 Å². The molecule has 3 aromatic rings. The third kappa shape index (κ3) is 4.12. The Labute approximate surface area is 186 Å². The Hall–Kier alpha value is -3.20. The lowest BCUT2D eigenvalue weighted by molar-refractivity contribution is 0.164. The molecule has 0 N–H and O–H groups in total. The van der Waals surface area contributed by atoms with Gasteiger partial charge in [-0.3, -0.25) is 4.90 Å². The summed E-state index contributed by atoms with van der Waals surface area (Å²) in [6.07, 6.45) is 1.98. The Kier molecular flexibility index (Phi) is 5.89. The van der Waals surface area contributed by atoms with Crippen LogP contribution in [-0.4, -0.2) is 58.1 Å². The Morgan fingerprint density at radius 1 is 1.03 bits per heavy atom. The molecule has 3 heterocycles. The number of benzene rings is 2. The molecule has 0 unspecified atom stereocenters. The van der Waals surface area contributed by atoms with Crippen molar-refractivity contribution in [2.75, 3.05) is 37.9 Å². The van der Waals surface area contributed by atoms with Crippen LogP contribution in [0.5, 0.6) is 11.5 Å². The van der Waals surface area contributed by atoms with Crippen LogP contribution in [0.1, 0.15) is 37.2 Å². The molecule has 1 saturated heterocycles. The van der Waals surface area contributed by atoms with Gasteiger partial charge >= 0.3 is 0 Å². The van der Waals surface area contributed by atoms with Crippen LogP contribution < -0.4 is 14.4 Å². The summed E-state index contributed by atoms with van der Waals surface area (Å²) in [5.74, 6) is 2.22. The first-order valence-corrected chi connectivity index (χ1v) is 11.1. The fraction of sp³-hybridized carbons (Fsp3) is 0.435. The summed E-state index contributed by atoms with van der Waals surface area (Å²) in [5.41, 5.74) is 1.73. The van der Waals surface area contributed by atoms with E-state index in [4.69, 9.17) is 9.47 Å². The highest BCUT2D eigenvalue weighted by atomic mass is 19.1. The van der Waals surface area contributed by atoms with Crippen molar-refractivity contribution in [1.29, 1.82) is 0 Å². The summed E-state index contributed by atoms with van der Waals surface area (Å²) in [4.78, 5) is 4.53. The monoisotopic (exact) mass is 438 g/mol. The van der Waals surface area contributed by atoms with Gasteiger partial charge in [0.2, 0.25) is 6.79 Å². The molecular formula is C23H27FN6O2. The molecule has 1 aromatic heterocycles. The van der Waals surface area contributed by atoms with Gasteiger partial charge < -0.3 is 14.4 Å². The van der Waals surface area contributed by atoms with Crippen LogP contribution >= 0.6 is 0 Å². The van der Waals surface area contributed by atoms with Crippen LogP contribution in [0.2, 0.25) is 0 Å². The molecule has 168 valence electrons. The second kappa shape index (κ2) is 9.12. The summed E-state index contributed by atoms with van der Waals surface area (Å²) in [5, 5.41) is 12.7. The smallest absolute Gasteiger partial charge is 0.231 e. The number of nitrogens with zero attached hydrogens (tertiary/aromatic N) is 6. The van der Waals surface area contributed by atoms with E-state index < -0.39 is 0 Å². The van der Waals surface area contributed by atoms with Gasteiger partial charge in [-0.05, 0) is 46.7 Å². The zero-order valence-corrected chi connectivity index (χ0v) is 18.2. The molecule has 0 bridgehead atoms. The van der Waals surface area contributed by atoms with E-state index in [-0.39, 0.29) is 18.7 Å². The van der Waals surface area contributed by atoms with Gasteiger partial charge in [0.25, 0.3) is 0 Å². The molecule has 5 rings (SSSR count). The Balaban J connectivity index is 1.31. The second-order valence-corrected chi connectivity index (χ2v) is 8.16. The maximum atomic E-state index is 14.2. The number of aromatic nitrogens is 4. The number of hydrogen-bond acceptors (Lipinski definition) is 7. The maximum Gasteiger partial charge on any atom is 0.231 e. The third-order valence-electron chi connectivity index (χ3n) is 6.14. The van der Waals surface area contributed by atoms with E-state index in [0.29, 0.717) is 12.2 Å². The summed E-state index contributed by atoms with van der Waals surface area (Å²) in [6, 6.07) is 13.0. The van der Waals surface area contributed by atoms with E-state index in [9.17, 15) is 4.39 Å². The summed E-state index contributed by atoms with van der Waals surface area (Å²) < 4.78 is 27.0. The Morgan fingerprint density at radius 2 is 1.84 bits per heavy atom. The van der Waals surface area contributed by atoms with Crippen molar-refractivity contribution < 1.29 is 13.9 Å². The SMILES string of the molecule is CCC[C@@H](c1nnnn1Cc1ccc2c(c1)OCO2)N1CCN(c2ccccc2F)CC1. The minimum atomic E-state index is -0.168. The molecule has 2 aliphatic rings. The maximum absolute atomic E-state index is 14.2. The fourth-order valence-corrected chi connectivity index (χ4v) is 4.51. The minimum absolute atomic E-state index is 0.117. The van der Waals surface area contributed by atoms with Crippen LogP contribution in [0.15, 0.2) is 42.5 Å².